The van der Waals surface area contributed by atoms with E-state index in [1.807, 2.05) is 0 Å². The van der Waals surface area contributed by atoms with Crippen LogP contribution in [0.4, 0.5) is 0 Å². The third-order valence-electron chi connectivity index (χ3n) is 3.45. The Hall–Kier alpha value is -1.16. The van der Waals surface area contributed by atoms with Crippen LogP contribution in [0.15, 0.2) is 40.9 Å². The molecule has 2 aromatic rings. The van der Waals surface area contributed by atoms with Gasteiger partial charge in [-0.15, -0.1) is 0 Å². The van der Waals surface area contributed by atoms with Crippen LogP contribution in [0.25, 0.3) is 0 Å². The zero-order valence-electron chi connectivity index (χ0n) is 11.5. The minimum atomic E-state index is 0.0219. The zero-order valence-corrected chi connectivity index (χ0v) is 13.1. The van der Waals surface area contributed by atoms with Crippen molar-refractivity contribution < 1.29 is 0 Å². The summed E-state index contributed by atoms with van der Waals surface area (Å²) in [4.78, 5) is 0. The van der Waals surface area contributed by atoms with Gasteiger partial charge in [-0.1, -0.05) is 45.8 Å². The van der Waals surface area contributed by atoms with Crippen molar-refractivity contribution in [2.24, 2.45) is 5.84 Å². The average molecular weight is 319 g/mol. The number of hydrazine groups is 1. The maximum atomic E-state index is 5.79. The van der Waals surface area contributed by atoms with Crippen LogP contribution >= 0.6 is 15.9 Å². The minimum absolute atomic E-state index is 0.0219. The van der Waals surface area contributed by atoms with Gasteiger partial charge in [-0.25, -0.2) is 5.43 Å². The van der Waals surface area contributed by atoms with Crippen molar-refractivity contribution in [2.75, 3.05) is 0 Å². The molecule has 100 valence electrons. The summed E-state index contributed by atoms with van der Waals surface area (Å²) in [6, 6.07) is 12.8. The van der Waals surface area contributed by atoms with Gasteiger partial charge >= 0.3 is 0 Å². The van der Waals surface area contributed by atoms with Gasteiger partial charge in [0.05, 0.1) is 6.04 Å². The van der Waals surface area contributed by atoms with E-state index in [0.29, 0.717) is 0 Å². The van der Waals surface area contributed by atoms with E-state index in [2.05, 4.69) is 78.5 Å². The Balaban J connectivity index is 2.50. The highest BCUT2D eigenvalue weighted by Crippen LogP contribution is 2.28. The summed E-state index contributed by atoms with van der Waals surface area (Å²) in [5.41, 5.74) is 9.11. The molecule has 0 spiro atoms. The Morgan fingerprint density at radius 2 is 1.53 bits per heavy atom. The standard InChI is InChI=1S/C16H19BrN2/c1-10-4-6-14(11(2)8-10)16(19-18)15-7-5-13(17)9-12(15)3/h4-9,16,19H,18H2,1-3H3. The van der Waals surface area contributed by atoms with E-state index < -0.39 is 0 Å². The van der Waals surface area contributed by atoms with Crippen LogP contribution in [-0.2, 0) is 0 Å². The van der Waals surface area contributed by atoms with Crippen molar-refractivity contribution in [1.29, 1.82) is 0 Å². The number of hydrogen-bond acceptors (Lipinski definition) is 2. The van der Waals surface area contributed by atoms with E-state index in [4.69, 9.17) is 5.84 Å². The van der Waals surface area contributed by atoms with Gasteiger partial charge < -0.3 is 0 Å². The number of aryl methyl sites for hydroxylation is 3. The van der Waals surface area contributed by atoms with Crippen molar-refractivity contribution in [2.45, 2.75) is 26.8 Å². The summed E-state index contributed by atoms with van der Waals surface area (Å²) in [5, 5.41) is 0. The summed E-state index contributed by atoms with van der Waals surface area (Å²) in [5.74, 6) is 5.79. The van der Waals surface area contributed by atoms with E-state index in [0.717, 1.165) is 4.47 Å². The van der Waals surface area contributed by atoms with Gasteiger partial charge in [-0.2, -0.15) is 0 Å². The summed E-state index contributed by atoms with van der Waals surface area (Å²) in [6.45, 7) is 6.33. The molecule has 0 aromatic heterocycles. The quantitative estimate of drug-likeness (QED) is 0.664. The molecule has 3 heteroatoms. The fourth-order valence-electron chi connectivity index (χ4n) is 2.46. The van der Waals surface area contributed by atoms with E-state index in [1.165, 1.54) is 27.8 Å². The summed E-state index contributed by atoms with van der Waals surface area (Å²) in [7, 11) is 0. The number of halogens is 1. The number of nitrogens with one attached hydrogen (secondary N) is 1. The minimum Gasteiger partial charge on any atom is -0.271 e. The average Bonchev–Trinajstić information content (AvgIpc) is 2.34. The third kappa shape index (κ3) is 3.06. The van der Waals surface area contributed by atoms with Crippen molar-refractivity contribution in [1.82, 2.24) is 5.43 Å². The number of benzene rings is 2. The van der Waals surface area contributed by atoms with Gasteiger partial charge in [0.2, 0.25) is 0 Å². The van der Waals surface area contributed by atoms with Gasteiger partial charge in [-0.3, -0.25) is 5.84 Å². The lowest BCUT2D eigenvalue weighted by Crippen LogP contribution is -2.30. The van der Waals surface area contributed by atoms with Gasteiger partial charge in [0.1, 0.15) is 0 Å². The molecule has 2 nitrogen and oxygen atoms in total. The lowest BCUT2D eigenvalue weighted by atomic mass is 9.92. The molecule has 1 unspecified atom stereocenters. The number of nitrogens with two attached hydrogens (primary N) is 1. The van der Waals surface area contributed by atoms with Crippen LogP contribution in [-0.4, -0.2) is 0 Å². The molecule has 1 atom stereocenters. The Morgan fingerprint density at radius 3 is 2.05 bits per heavy atom. The Morgan fingerprint density at radius 1 is 0.947 bits per heavy atom. The Bertz CT molecular complexity index is 542. The predicted octanol–water partition coefficient (Wildman–Crippen LogP) is 3.93. The first-order valence-electron chi connectivity index (χ1n) is 6.32. The number of hydrogen-bond donors (Lipinski definition) is 2. The molecular formula is C16H19BrN2. The first-order chi connectivity index (χ1) is 9.02. The highest BCUT2D eigenvalue weighted by molar-refractivity contribution is 9.10. The van der Waals surface area contributed by atoms with Crippen LogP contribution in [0.1, 0.15) is 33.9 Å². The fourth-order valence-corrected chi connectivity index (χ4v) is 2.94. The molecule has 3 N–H and O–H groups in total. The van der Waals surface area contributed by atoms with E-state index in [9.17, 15) is 0 Å². The monoisotopic (exact) mass is 318 g/mol. The first-order valence-corrected chi connectivity index (χ1v) is 7.11. The van der Waals surface area contributed by atoms with Crippen molar-refractivity contribution >= 4 is 15.9 Å². The molecule has 0 radical (unpaired) electrons. The van der Waals surface area contributed by atoms with Crippen LogP contribution in [0.5, 0.6) is 0 Å². The van der Waals surface area contributed by atoms with E-state index >= 15 is 0 Å². The highest BCUT2D eigenvalue weighted by Gasteiger charge is 2.16. The SMILES string of the molecule is Cc1ccc(C(NN)c2ccc(Br)cc2C)c(C)c1. The lowest BCUT2D eigenvalue weighted by molar-refractivity contribution is 0.630. The lowest BCUT2D eigenvalue weighted by Gasteiger charge is -2.21. The molecule has 0 fully saturated rings. The second-order valence-electron chi connectivity index (χ2n) is 4.96. The molecule has 0 aliphatic carbocycles. The maximum absolute atomic E-state index is 5.79. The molecule has 2 aromatic carbocycles. The second-order valence-corrected chi connectivity index (χ2v) is 5.88. The Kier molecular flexibility index (Phi) is 4.40. The van der Waals surface area contributed by atoms with Gasteiger partial charge in [-0.05, 0) is 55.2 Å². The second kappa shape index (κ2) is 5.87. The van der Waals surface area contributed by atoms with Crippen molar-refractivity contribution in [3.8, 4) is 0 Å². The fraction of sp³-hybridized carbons (Fsp3) is 0.250. The molecule has 0 saturated carbocycles. The molecule has 19 heavy (non-hydrogen) atoms. The van der Waals surface area contributed by atoms with Gasteiger partial charge in [0, 0.05) is 4.47 Å². The van der Waals surface area contributed by atoms with Crippen LogP contribution in [0.3, 0.4) is 0 Å². The largest absolute Gasteiger partial charge is 0.271 e. The molecule has 0 aliphatic rings. The van der Waals surface area contributed by atoms with Crippen LogP contribution < -0.4 is 11.3 Å². The molecule has 0 heterocycles. The Labute approximate surface area is 123 Å². The molecule has 0 aliphatic heterocycles. The van der Waals surface area contributed by atoms with Crippen LogP contribution in [0, 0.1) is 20.8 Å². The number of rotatable bonds is 3. The van der Waals surface area contributed by atoms with E-state index in [-0.39, 0.29) is 6.04 Å². The van der Waals surface area contributed by atoms with Crippen LogP contribution in [0.2, 0.25) is 0 Å². The zero-order chi connectivity index (χ0) is 14.0. The molecule has 0 amide bonds. The van der Waals surface area contributed by atoms with E-state index in [1.54, 1.807) is 0 Å². The molecule has 0 bridgehead atoms. The van der Waals surface area contributed by atoms with Gasteiger partial charge in [0.25, 0.3) is 0 Å². The molecule has 0 saturated heterocycles. The summed E-state index contributed by atoms with van der Waals surface area (Å²) >= 11 is 3.50. The first kappa shape index (κ1) is 14.3. The molecular weight excluding hydrogens is 300 g/mol. The van der Waals surface area contributed by atoms with Gasteiger partial charge in [0.15, 0.2) is 0 Å². The summed E-state index contributed by atoms with van der Waals surface area (Å²) in [6.07, 6.45) is 0. The third-order valence-corrected chi connectivity index (χ3v) is 3.94. The normalized spacial score (nSPS) is 12.5. The smallest absolute Gasteiger partial charge is 0.0715 e. The van der Waals surface area contributed by atoms with Crippen molar-refractivity contribution in [3.05, 3.63) is 68.7 Å². The maximum Gasteiger partial charge on any atom is 0.0715 e. The predicted molar refractivity (Wildman–Crippen MR) is 84.0 cm³/mol. The van der Waals surface area contributed by atoms with Crippen molar-refractivity contribution in [3.63, 3.8) is 0 Å². The topological polar surface area (TPSA) is 38.0 Å². The highest BCUT2D eigenvalue weighted by atomic mass is 79.9. The summed E-state index contributed by atoms with van der Waals surface area (Å²) < 4.78 is 1.09. The molecule has 2 rings (SSSR count).